The largest absolute Gasteiger partial charge is 0.482 e. The van der Waals surface area contributed by atoms with Crippen LogP contribution in [0.4, 0.5) is 0 Å². The van der Waals surface area contributed by atoms with Crippen molar-refractivity contribution in [2.75, 3.05) is 13.2 Å². The summed E-state index contributed by atoms with van der Waals surface area (Å²) in [5.41, 5.74) is 2.37. The van der Waals surface area contributed by atoms with E-state index < -0.39 is 0 Å². The average molecular weight is 461 g/mol. The number of aliphatic hydroxyl groups is 2. The molecule has 0 aromatic heterocycles. The second kappa shape index (κ2) is 11.7. The predicted molar refractivity (Wildman–Crippen MR) is 130 cm³/mol. The van der Waals surface area contributed by atoms with Crippen LogP contribution in [0.2, 0.25) is 0 Å². The Morgan fingerprint density at radius 2 is 1.97 bits per heavy atom. The summed E-state index contributed by atoms with van der Waals surface area (Å²) in [5.74, 6) is 1.55. The molecule has 0 radical (unpaired) electrons. The molecule has 0 aliphatic heterocycles. The fourth-order valence-electron chi connectivity index (χ4n) is 5.57. The van der Waals surface area contributed by atoms with Gasteiger partial charge in [0.25, 0.3) is 0 Å². The molecule has 0 heterocycles. The van der Waals surface area contributed by atoms with Crippen molar-refractivity contribution >= 4 is 5.97 Å². The SMILES string of the molecule is CCCCCC(O)CCC1C(O)CC2Cc3c(cccc3OCC(=O)OCC(C)(C)C)CC21. The van der Waals surface area contributed by atoms with Crippen LogP contribution in [-0.4, -0.2) is 41.6 Å². The highest BCUT2D eigenvalue weighted by atomic mass is 16.6. The Bertz CT molecular complexity index is 768. The maximum absolute atomic E-state index is 12.1. The fraction of sp³-hybridized carbons (Fsp3) is 0.750. The molecule has 2 aliphatic carbocycles. The van der Waals surface area contributed by atoms with Gasteiger partial charge in [-0.3, -0.25) is 0 Å². The maximum Gasteiger partial charge on any atom is 0.344 e. The number of hydrogen-bond acceptors (Lipinski definition) is 5. The van der Waals surface area contributed by atoms with Crippen LogP contribution in [0.25, 0.3) is 0 Å². The molecule has 1 fully saturated rings. The summed E-state index contributed by atoms with van der Waals surface area (Å²) in [6, 6.07) is 6.08. The van der Waals surface area contributed by atoms with Gasteiger partial charge >= 0.3 is 5.97 Å². The molecule has 3 rings (SSSR count). The third-order valence-electron chi connectivity index (χ3n) is 7.33. The Kier molecular flexibility index (Phi) is 9.23. The minimum absolute atomic E-state index is 0.0675. The molecule has 2 N–H and O–H groups in total. The summed E-state index contributed by atoms with van der Waals surface area (Å²) in [7, 11) is 0. The molecule has 5 atom stereocenters. The summed E-state index contributed by atoms with van der Waals surface area (Å²) in [6.07, 6.45) is 8.02. The number of ether oxygens (including phenoxy) is 2. The van der Waals surface area contributed by atoms with Crippen molar-refractivity contribution in [3.8, 4) is 5.75 Å². The number of esters is 1. The number of rotatable bonds is 11. The van der Waals surface area contributed by atoms with Crippen molar-refractivity contribution in [1.82, 2.24) is 0 Å². The van der Waals surface area contributed by atoms with Gasteiger partial charge in [-0.05, 0) is 78.9 Å². The molecule has 5 nitrogen and oxygen atoms in total. The zero-order chi connectivity index (χ0) is 24.0. The molecular weight excluding hydrogens is 416 g/mol. The molecule has 1 aromatic rings. The third kappa shape index (κ3) is 7.45. The molecule has 0 saturated heterocycles. The maximum atomic E-state index is 12.1. The quantitative estimate of drug-likeness (QED) is 0.355. The fourth-order valence-corrected chi connectivity index (χ4v) is 5.57. The van der Waals surface area contributed by atoms with Crippen LogP contribution < -0.4 is 4.74 Å². The number of carbonyl (C=O) groups is 1. The molecule has 1 aromatic carbocycles. The Labute approximate surface area is 199 Å². The Morgan fingerprint density at radius 3 is 2.70 bits per heavy atom. The van der Waals surface area contributed by atoms with Crippen molar-refractivity contribution in [1.29, 1.82) is 0 Å². The van der Waals surface area contributed by atoms with Gasteiger partial charge in [-0.1, -0.05) is 59.1 Å². The van der Waals surface area contributed by atoms with Crippen molar-refractivity contribution in [3.05, 3.63) is 29.3 Å². The summed E-state index contributed by atoms with van der Waals surface area (Å²) in [6.45, 7) is 8.56. The van der Waals surface area contributed by atoms with Crippen molar-refractivity contribution < 1.29 is 24.5 Å². The van der Waals surface area contributed by atoms with Crippen LogP contribution in [0.3, 0.4) is 0 Å². The van der Waals surface area contributed by atoms with E-state index in [2.05, 4.69) is 13.0 Å². The van der Waals surface area contributed by atoms with Crippen LogP contribution in [0.1, 0.15) is 83.8 Å². The van der Waals surface area contributed by atoms with Gasteiger partial charge in [0, 0.05) is 0 Å². The van der Waals surface area contributed by atoms with E-state index in [1.165, 1.54) is 24.0 Å². The summed E-state index contributed by atoms with van der Waals surface area (Å²) in [5, 5.41) is 21.2. The molecule has 186 valence electrons. The summed E-state index contributed by atoms with van der Waals surface area (Å²) >= 11 is 0. The van der Waals surface area contributed by atoms with Crippen LogP contribution >= 0.6 is 0 Å². The first kappa shape index (κ1) is 26.0. The monoisotopic (exact) mass is 460 g/mol. The van der Waals surface area contributed by atoms with E-state index in [4.69, 9.17) is 9.47 Å². The molecular formula is C28H44O5. The lowest BCUT2D eigenvalue weighted by atomic mass is 9.73. The highest BCUT2D eigenvalue weighted by molar-refractivity contribution is 5.71. The number of carbonyl (C=O) groups excluding carboxylic acids is 1. The summed E-state index contributed by atoms with van der Waals surface area (Å²) < 4.78 is 11.2. The van der Waals surface area contributed by atoms with Gasteiger partial charge < -0.3 is 19.7 Å². The number of aliphatic hydroxyl groups excluding tert-OH is 2. The van der Waals surface area contributed by atoms with Gasteiger partial charge in [0.15, 0.2) is 6.61 Å². The first-order valence-corrected chi connectivity index (χ1v) is 12.9. The second-order valence-corrected chi connectivity index (χ2v) is 11.4. The number of benzene rings is 1. The first-order valence-electron chi connectivity index (χ1n) is 12.9. The van der Waals surface area contributed by atoms with Gasteiger partial charge in [0.1, 0.15) is 5.75 Å². The lowest BCUT2D eigenvalue weighted by Gasteiger charge is -2.32. The van der Waals surface area contributed by atoms with Crippen LogP contribution in [0, 0.1) is 23.2 Å². The average Bonchev–Trinajstić information content (AvgIpc) is 3.06. The Morgan fingerprint density at radius 1 is 1.18 bits per heavy atom. The molecule has 33 heavy (non-hydrogen) atoms. The minimum Gasteiger partial charge on any atom is -0.482 e. The number of fused-ring (bicyclic) bond motifs is 2. The van der Waals surface area contributed by atoms with E-state index in [-0.39, 0.29) is 36.1 Å². The highest BCUT2D eigenvalue weighted by Crippen LogP contribution is 2.48. The van der Waals surface area contributed by atoms with Crippen LogP contribution in [0.15, 0.2) is 18.2 Å². The van der Waals surface area contributed by atoms with E-state index in [0.717, 1.165) is 50.7 Å². The molecule has 0 amide bonds. The number of unbranched alkanes of at least 4 members (excludes halogenated alkanes) is 2. The van der Waals surface area contributed by atoms with E-state index in [0.29, 0.717) is 18.4 Å². The van der Waals surface area contributed by atoms with Gasteiger partial charge in [-0.25, -0.2) is 4.79 Å². The topological polar surface area (TPSA) is 76.0 Å². The normalized spacial score (nSPS) is 25.3. The van der Waals surface area contributed by atoms with Gasteiger partial charge in [-0.15, -0.1) is 0 Å². The van der Waals surface area contributed by atoms with E-state index in [1.807, 2.05) is 32.9 Å². The van der Waals surface area contributed by atoms with E-state index in [9.17, 15) is 15.0 Å². The third-order valence-corrected chi connectivity index (χ3v) is 7.33. The molecule has 0 bridgehead atoms. The molecule has 0 spiro atoms. The van der Waals surface area contributed by atoms with Crippen molar-refractivity contribution in [2.24, 2.45) is 23.2 Å². The van der Waals surface area contributed by atoms with E-state index >= 15 is 0 Å². The standard InChI is InChI=1S/C28H44O5/c1-5-6-7-10-21(29)12-13-22-23-14-19-9-8-11-26(24(19)15-20(23)16-25(22)30)32-17-27(31)33-18-28(2,3)4/h8-9,11,20-23,25,29-30H,5-7,10,12-18H2,1-4H3. The smallest absolute Gasteiger partial charge is 0.344 e. The highest BCUT2D eigenvalue weighted by Gasteiger charge is 2.44. The second-order valence-electron chi connectivity index (χ2n) is 11.4. The van der Waals surface area contributed by atoms with Crippen LogP contribution in [-0.2, 0) is 22.4 Å². The number of hydrogen-bond donors (Lipinski definition) is 2. The van der Waals surface area contributed by atoms with Gasteiger partial charge in [-0.2, -0.15) is 0 Å². The Balaban J connectivity index is 1.57. The lowest BCUT2D eigenvalue weighted by Crippen LogP contribution is -2.28. The first-order chi connectivity index (χ1) is 15.7. The molecule has 5 heteroatoms. The van der Waals surface area contributed by atoms with Crippen molar-refractivity contribution in [2.45, 2.75) is 97.7 Å². The Hall–Kier alpha value is -1.59. The zero-order valence-electron chi connectivity index (χ0n) is 21.0. The molecule has 1 saturated carbocycles. The predicted octanol–water partition coefficient (Wildman–Crippen LogP) is 5.09. The van der Waals surface area contributed by atoms with E-state index in [1.54, 1.807) is 0 Å². The van der Waals surface area contributed by atoms with Crippen LogP contribution in [0.5, 0.6) is 5.75 Å². The van der Waals surface area contributed by atoms with Crippen molar-refractivity contribution in [3.63, 3.8) is 0 Å². The minimum atomic E-state index is -0.343. The van der Waals surface area contributed by atoms with Gasteiger partial charge in [0.05, 0.1) is 18.8 Å². The lowest BCUT2D eigenvalue weighted by molar-refractivity contribution is -0.148. The molecule has 2 aliphatic rings. The van der Waals surface area contributed by atoms with Gasteiger partial charge in [0.2, 0.25) is 0 Å². The summed E-state index contributed by atoms with van der Waals surface area (Å²) in [4.78, 5) is 12.1. The zero-order valence-corrected chi connectivity index (χ0v) is 21.0. The molecule has 5 unspecified atom stereocenters.